The van der Waals surface area contributed by atoms with Crippen LogP contribution in [-0.2, 0) is 4.74 Å². The number of aliphatic imine (C=N–C) groups is 2. The molecule has 1 N–H and O–H groups in total. The fourth-order valence-electron chi connectivity index (χ4n) is 0.744. The summed E-state index contributed by atoms with van der Waals surface area (Å²) in [6, 6.07) is 0. The molecule has 0 aliphatic carbocycles. The van der Waals surface area contributed by atoms with Crippen molar-refractivity contribution in [3.8, 4) is 0 Å². The quantitative estimate of drug-likeness (QED) is 0.486. The van der Waals surface area contributed by atoms with Crippen molar-refractivity contribution in [1.29, 1.82) is 0 Å². The molecule has 2 heterocycles. The molecule has 0 atom stereocenters. The lowest BCUT2D eigenvalue weighted by molar-refractivity contribution is 0.565. The van der Waals surface area contributed by atoms with Crippen molar-refractivity contribution >= 4 is 12.3 Å². The van der Waals surface area contributed by atoms with Crippen LogP contribution in [0.5, 0.6) is 0 Å². The summed E-state index contributed by atoms with van der Waals surface area (Å²) >= 11 is 0. The van der Waals surface area contributed by atoms with Crippen LogP contribution in [0.4, 0.5) is 0 Å². The van der Waals surface area contributed by atoms with Gasteiger partial charge in [-0.3, -0.25) is 0 Å². The van der Waals surface area contributed by atoms with Crippen molar-refractivity contribution in [1.82, 2.24) is 5.32 Å². The molecule has 2 aliphatic rings. The molecular weight excluding hydrogens is 118 g/mol. The van der Waals surface area contributed by atoms with E-state index in [4.69, 9.17) is 4.74 Å². The summed E-state index contributed by atoms with van der Waals surface area (Å²) < 4.78 is 4.93. The Morgan fingerprint density at radius 1 is 1.67 bits per heavy atom. The highest BCUT2D eigenvalue weighted by Crippen LogP contribution is 2.05. The van der Waals surface area contributed by atoms with Crippen LogP contribution in [0.1, 0.15) is 0 Å². The van der Waals surface area contributed by atoms with E-state index < -0.39 is 0 Å². The third-order valence-electron chi connectivity index (χ3n) is 1.15. The predicted octanol–water partition coefficient (Wildman–Crippen LogP) is -0.155. The molecule has 0 unspecified atom stereocenters. The van der Waals surface area contributed by atoms with Crippen LogP contribution in [0.3, 0.4) is 0 Å². The van der Waals surface area contributed by atoms with Crippen LogP contribution >= 0.6 is 0 Å². The molecular formula is C5H5N3O. The molecule has 4 nitrogen and oxygen atoms in total. The van der Waals surface area contributed by atoms with E-state index in [2.05, 4.69) is 15.3 Å². The first kappa shape index (κ1) is 4.55. The first-order chi connectivity index (χ1) is 4.47. The Morgan fingerprint density at radius 2 is 2.67 bits per heavy atom. The third kappa shape index (κ3) is 0.595. The zero-order valence-corrected chi connectivity index (χ0v) is 4.66. The smallest absolute Gasteiger partial charge is 0.242 e. The molecule has 46 valence electrons. The predicted molar refractivity (Wildman–Crippen MR) is 33.1 cm³/mol. The van der Waals surface area contributed by atoms with Gasteiger partial charge in [-0.1, -0.05) is 0 Å². The maximum atomic E-state index is 4.93. The zero-order valence-electron chi connectivity index (χ0n) is 4.66. The molecule has 2 rings (SSSR count). The van der Waals surface area contributed by atoms with Crippen LogP contribution in [0, 0.1) is 0 Å². The fourth-order valence-corrected chi connectivity index (χ4v) is 0.744. The Hall–Kier alpha value is -1.32. The first-order valence-electron chi connectivity index (χ1n) is 2.64. The number of nitrogens with zero attached hydrogens (tertiary/aromatic N) is 2. The maximum Gasteiger partial charge on any atom is 0.242 e. The second-order valence-electron chi connectivity index (χ2n) is 1.71. The van der Waals surface area contributed by atoms with E-state index in [-0.39, 0.29) is 0 Å². The standard InChI is InChI=1S/C5H5N3O/c1-4-5(8-2-7-4)9-3-6-1/h1,3,7H,2H2. The third-order valence-corrected chi connectivity index (χ3v) is 1.15. The number of rotatable bonds is 0. The Kier molecular flexibility index (Phi) is 0.798. The summed E-state index contributed by atoms with van der Waals surface area (Å²) in [5, 5.41) is 2.98. The molecule has 9 heavy (non-hydrogen) atoms. The van der Waals surface area contributed by atoms with Gasteiger partial charge >= 0.3 is 0 Å². The highest BCUT2D eigenvalue weighted by molar-refractivity contribution is 5.99. The van der Waals surface area contributed by atoms with Gasteiger partial charge in [0.05, 0.1) is 6.20 Å². The maximum absolute atomic E-state index is 4.93. The summed E-state index contributed by atoms with van der Waals surface area (Å²) in [7, 11) is 0. The molecule has 0 fully saturated rings. The molecule has 0 aromatic heterocycles. The van der Waals surface area contributed by atoms with E-state index >= 15 is 0 Å². The molecule has 0 saturated heterocycles. The van der Waals surface area contributed by atoms with E-state index in [0.29, 0.717) is 12.6 Å². The van der Waals surface area contributed by atoms with Gasteiger partial charge in [-0.15, -0.1) is 0 Å². The van der Waals surface area contributed by atoms with Crippen LogP contribution in [0.2, 0.25) is 0 Å². The van der Waals surface area contributed by atoms with Crippen molar-refractivity contribution in [2.75, 3.05) is 6.67 Å². The number of fused-ring (bicyclic) bond motifs is 1. The lowest BCUT2D eigenvalue weighted by Gasteiger charge is -2.03. The second-order valence-corrected chi connectivity index (χ2v) is 1.71. The zero-order chi connectivity index (χ0) is 6.10. The SMILES string of the molecule is C1=NC=C2NCN=C2O1. The van der Waals surface area contributed by atoms with Crippen molar-refractivity contribution < 1.29 is 4.74 Å². The molecule has 2 aliphatic heterocycles. The number of hydrogen-bond acceptors (Lipinski definition) is 4. The molecule has 4 heteroatoms. The topological polar surface area (TPSA) is 46.0 Å². The van der Waals surface area contributed by atoms with Gasteiger partial charge in [0.15, 0.2) is 6.40 Å². The van der Waals surface area contributed by atoms with Crippen molar-refractivity contribution in [3.63, 3.8) is 0 Å². The van der Waals surface area contributed by atoms with Gasteiger partial charge < -0.3 is 10.1 Å². The molecule has 0 radical (unpaired) electrons. The highest BCUT2D eigenvalue weighted by atomic mass is 16.5. The van der Waals surface area contributed by atoms with Crippen molar-refractivity contribution in [2.24, 2.45) is 9.98 Å². The largest absolute Gasteiger partial charge is 0.425 e. The van der Waals surface area contributed by atoms with E-state index in [1.54, 1.807) is 6.20 Å². The van der Waals surface area contributed by atoms with Crippen LogP contribution in [0.25, 0.3) is 0 Å². The average Bonchev–Trinajstić information content (AvgIpc) is 2.33. The minimum absolute atomic E-state index is 0.602. The van der Waals surface area contributed by atoms with E-state index in [1.165, 1.54) is 6.40 Å². The Balaban J connectivity index is 2.37. The van der Waals surface area contributed by atoms with E-state index in [1.807, 2.05) is 0 Å². The van der Waals surface area contributed by atoms with Gasteiger partial charge in [0.2, 0.25) is 5.90 Å². The van der Waals surface area contributed by atoms with E-state index in [9.17, 15) is 0 Å². The van der Waals surface area contributed by atoms with Crippen molar-refractivity contribution in [3.05, 3.63) is 11.9 Å². The van der Waals surface area contributed by atoms with Gasteiger partial charge in [0.25, 0.3) is 0 Å². The summed E-state index contributed by atoms with van der Waals surface area (Å²) in [5.74, 6) is 0.644. The summed E-state index contributed by atoms with van der Waals surface area (Å²) in [6.45, 7) is 0.602. The molecule has 0 spiro atoms. The Labute approximate surface area is 52.0 Å². The van der Waals surface area contributed by atoms with Gasteiger partial charge in [-0.2, -0.15) is 0 Å². The van der Waals surface area contributed by atoms with Gasteiger partial charge in [-0.25, -0.2) is 9.98 Å². The van der Waals surface area contributed by atoms with Gasteiger partial charge in [0, 0.05) is 0 Å². The minimum atomic E-state index is 0.602. The van der Waals surface area contributed by atoms with Crippen LogP contribution in [0.15, 0.2) is 21.9 Å². The normalized spacial score (nSPS) is 21.3. The summed E-state index contributed by atoms with van der Waals surface area (Å²) in [5.41, 5.74) is 0.873. The fraction of sp³-hybridized carbons (Fsp3) is 0.200. The Bertz CT molecular complexity index is 216. The number of nitrogens with one attached hydrogen (secondary N) is 1. The summed E-state index contributed by atoms with van der Waals surface area (Å²) in [6.07, 6.45) is 3.06. The van der Waals surface area contributed by atoms with Gasteiger partial charge in [0.1, 0.15) is 12.4 Å². The number of ether oxygens (including phenoxy) is 1. The Morgan fingerprint density at radius 3 is 3.56 bits per heavy atom. The number of hydrogen-bond donors (Lipinski definition) is 1. The van der Waals surface area contributed by atoms with Crippen molar-refractivity contribution in [2.45, 2.75) is 0 Å². The molecule has 0 amide bonds. The first-order valence-corrected chi connectivity index (χ1v) is 2.64. The van der Waals surface area contributed by atoms with Crippen LogP contribution < -0.4 is 5.32 Å². The molecule has 0 aromatic carbocycles. The average molecular weight is 123 g/mol. The molecule has 0 aromatic rings. The molecule has 0 bridgehead atoms. The molecule has 0 saturated carbocycles. The lowest BCUT2D eigenvalue weighted by Crippen LogP contribution is -2.14. The summed E-state index contributed by atoms with van der Waals surface area (Å²) in [4.78, 5) is 7.75. The van der Waals surface area contributed by atoms with Crippen LogP contribution in [-0.4, -0.2) is 19.0 Å². The van der Waals surface area contributed by atoms with E-state index in [0.717, 1.165) is 5.70 Å². The second kappa shape index (κ2) is 1.58. The van der Waals surface area contributed by atoms with Gasteiger partial charge in [-0.05, 0) is 0 Å². The lowest BCUT2D eigenvalue weighted by atomic mass is 10.5. The monoisotopic (exact) mass is 123 g/mol. The highest BCUT2D eigenvalue weighted by Gasteiger charge is 2.14. The minimum Gasteiger partial charge on any atom is -0.425 e.